The van der Waals surface area contributed by atoms with E-state index in [9.17, 15) is 4.39 Å². The molecule has 0 fully saturated rings. The average molecular weight is 180 g/mol. The molecular formula is C11H13FO. The molecule has 70 valence electrons. The number of fused-ring (bicyclic) bond motifs is 1. The zero-order chi connectivity index (χ0) is 9.47. The van der Waals surface area contributed by atoms with Crippen molar-refractivity contribution in [3.63, 3.8) is 0 Å². The first-order valence-electron chi connectivity index (χ1n) is 4.50. The van der Waals surface area contributed by atoms with Crippen molar-refractivity contribution in [2.75, 3.05) is 7.11 Å². The van der Waals surface area contributed by atoms with Gasteiger partial charge in [0.2, 0.25) is 0 Å². The van der Waals surface area contributed by atoms with E-state index in [0.717, 1.165) is 17.5 Å². The third-order valence-electron chi connectivity index (χ3n) is 2.72. The molecule has 1 unspecified atom stereocenters. The van der Waals surface area contributed by atoms with E-state index in [0.29, 0.717) is 12.2 Å². The Morgan fingerprint density at radius 2 is 2.23 bits per heavy atom. The van der Waals surface area contributed by atoms with Gasteiger partial charge in [0.1, 0.15) is 11.4 Å². The molecule has 1 aliphatic carbocycles. The van der Waals surface area contributed by atoms with Gasteiger partial charge in [0.15, 0.2) is 0 Å². The summed E-state index contributed by atoms with van der Waals surface area (Å²) < 4.78 is 19.1. The number of ether oxygens (including phenoxy) is 1. The van der Waals surface area contributed by atoms with Crippen LogP contribution in [-0.4, -0.2) is 7.11 Å². The highest BCUT2D eigenvalue weighted by molar-refractivity contribution is 5.47. The number of aryl methyl sites for hydroxylation is 1. The minimum absolute atomic E-state index is 0.572. The number of hydrogen-bond donors (Lipinski definition) is 0. The fourth-order valence-electron chi connectivity index (χ4n) is 2.04. The second-order valence-corrected chi connectivity index (χ2v) is 3.69. The number of methoxy groups -OCH3 is 1. The van der Waals surface area contributed by atoms with Crippen LogP contribution in [0.15, 0.2) is 18.2 Å². The van der Waals surface area contributed by atoms with Crippen molar-refractivity contribution in [2.24, 2.45) is 0 Å². The molecule has 0 bridgehead atoms. The van der Waals surface area contributed by atoms with Crippen LogP contribution < -0.4 is 4.74 Å². The van der Waals surface area contributed by atoms with Crippen LogP contribution in [0.5, 0.6) is 5.75 Å². The van der Waals surface area contributed by atoms with Crippen molar-refractivity contribution in [3.8, 4) is 5.75 Å². The Morgan fingerprint density at radius 3 is 2.92 bits per heavy atom. The molecule has 0 heterocycles. The zero-order valence-electron chi connectivity index (χ0n) is 7.93. The molecule has 0 saturated carbocycles. The Labute approximate surface area is 77.5 Å². The molecule has 0 saturated heterocycles. The number of halogens is 1. The first-order valence-corrected chi connectivity index (χ1v) is 4.50. The Morgan fingerprint density at radius 1 is 1.46 bits per heavy atom. The van der Waals surface area contributed by atoms with Gasteiger partial charge in [-0.05, 0) is 31.4 Å². The second-order valence-electron chi connectivity index (χ2n) is 3.69. The molecular weight excluding hydrogens is 167 g/mol. The Hall–Kier alpha value is -1.05. The summed E-state index contributed by atoms with van der Waals surface area (Å²) in [6.45, 7) is 1.63. The van der Waals surface area contributed by atoms with Gasteiger partial charge in [0, 0.05) is 5.56 Å². The van der Waals surface area contributed by atoms with Gasteiger partial charge in [-0.25, -0.2) is 4.39 Å². The summed E-state index contributed by atoms with van der Waals surface area (Å²) >= 11 is 0. The maximum atomic E-state index is 14.0. The third kappa shape index (κ3) is 1.21. The van der Waals surface area contributed by atoms with Crippen molar-refractivity contribution < 1.29 is 9.13 Å². The summed E-state index contributed by atoms with van der Waals surface area (Å²) in [4.78, 5) is 0. The SMILES string of the molecule is COc1cccc2c1C(C)(F)CC2. The first-order chi connectivity index (χ1) is 6.15. The number of alkyl halides is 1. The van der Waals surface area contributed by atoms with Gasteiger partial charge >= 0.3 is 0 Å². The summed E-state index contributed by atoms with van der Waals surface area (Å²) in [5.74, 6) is 0.681. The maximum Gasteiger partial charge on any atom is 0.137 e. The standard InChI is InChI=1S/C11H13FO/c1-11(12)7-6-8-4-3-5-9(13-2)10(8)11/h3-5H,6-7H2,1-2H3. The molecule has 1 atom stereocenters. The van der Waals surface area contributed by atoms with E-state index >= 15 is 0 Å². The highest BCUT2D eigenvalue weighted by atomic mass is 19.1. The molecule has 1 nitrogen and oxygen atoms in total. The molecule has 0 spiro atoms. The molecule has 1 aromatic rings. The monoisotopic (exact) mass is 180 g/mol. The average Bonchev–Trinajstić information content (AvgIpc) is 2.43. The predicted molar refractivity (Wildman–Crippen MR) is 49.8 cm³/mol. The quantitative estimate of drug-likeness (QED) is 0.645. The normalized spacial score (nSPS) is 25.8. The summed E-state index contributed by atoms with van der Waals surface area (Å²) in [6, 6.07) is 5.71. The van der Waals surface area contributed by atoms with Gasteiger partial charge in [-0.2, -0.15) is 0 Å². The molecule has 0 amide bonds. The first kappa shape index (κ1) is 8.54. The van der Waals surface area contributed by atoms with Crippen molar-refractivity contribution in [2.45, 2.75) is 25.4 Å². The van der Waals surface area contributed by atoms with E-state index in [2.05, 4.69) is 0 Å². The second kappa shape index (κ2) is 2.72. The van der Waals surface area contributed by atoms with Crippen LogP contribution in [0.3, 0.4) is 0 Å². The van der Waals surface area contributed by atoms with Crippen LogP contribution in [-0.2, 0) is 12.1 Å². The molecule has 13 heavy (non-hydrogen) atoms. The van der Waals surface area contributed by atoms with Crippen molar-refractivity contribution >= 4 is 0 Å². The lowest BCUT2D eigenvalue weighted by atomic mass is 9.99. The third-order valence-corrected chi connectivity index (χ3v) is 2.72. The van der Waals surface area contributed by atoms with Crippen LogP contribution in [0.4, 0.5) is 4.39 Å². The highest BCUT2D eigenvalue weighted by Gasteiger charge is 2.36. The van der Waals surface area contributed by atoms with E-state index in [1.807, 2.05) is 18.2 Å². The number of hydrogen-bond acceptors (Lipinski definition) is 1. The lowest BCUT2D eigenvalue weighted by Gasteiger charge is -2.17. The van der Waals surface area contributed by atoms with Crippen LogP contribution in [0.1, 0.15) is 24.5 Å². The fraction of sp³-hybridized carbons (Fsp3) is 0.455. The minimum Gasteiger partial charge on any atom is -0.496 e. The summed E-state index contributed by atoms with van der Waals surface area (Å²) in [5.41, 5.74) is 0.629. The smallest absolute Gasteiger partial charge is 0.137 e. The van der Waals surface area contributed by atoms with E-state index in [1.54, 1.807) is 14.0 Å². The van der Waals surface area contributed by atoms with Gasteiger partial charge < -0.3 is 4.74 Å². The van der Waals surface area contributed by atoms with Crippen LogP contribution in [0.2, 0.25) is 0 Å². The highest BCUT2D eigenvalue weighted by Crippen LogP contribution is 2.44. The van der Waals surface area contributed by atoms with Gasteiger partial charge in [0.25, 0.3) is 0 Å². The van der Waals surface area contributed by atoms with E-state index in [1.165, 1.54) is 0 Å². The predicted octanol–water partition coefficient (Wildman–Crippen LogP) is 2.83. The number of benzene rings is 1. The van der Waals surface area contributed by atoms with Gasteiger partial charge in [-0.15, -0.1) is 0 Å². The lowest BCUT2D eigenvalue weighted by Crippen LogP contribution is -2.11. The lowest BCUT2D eigenvalue weighted by molar-refractivity contribution is 0.188. The van der Waals surface area contributed by atoms with Crippen LogP contribution >= 0.6 is 0 Å². The van der Waals surface area contributed by atoms with E-state index < -0.39 is 5.67 Å². The topological polar surface area (TPSA) is 9.23 Å². The number of rotatable bonds is 1. The molecule has 1 aliphatic rings. The minimum atomic E-state index is -1.21. The van der Waals surface area contributed by atoms with Gasteiger partial charge in [-0.3, -0.25) is 0 Å². The fourth-order valence-corrected chi connectivity index (χ4v) is 2.04. The largest absolute Gasteiger partial charge is 0.496 e. The molecule has 0 radical (unpaired) electrons. The molecule has 0 N–H and O–H groups in total. The van der Waals surface area contributed by atoms with Gasteiger partial charge in [0.05, 0.1) is 7.11 Å². The Kier molecular flexibility index (Phi) is 1.79. The van der Waals surface area contributed by atoms with Crippen molar-refractivity contribution in [1.82, 2.24) is 0 Å². The Balaban J connectivity index is 2.60. The summed E-state index contributed by atoms with van der Waals surface area (Å²) in [7, 11) is 1.59. The van der Waals surface area contributed by atoms with Gasteiger partial charge in [-0.1, -0.05) is 12.1 Å². The molecule has 0 aromatic heterocycles. The summed E-state index contributed by atoms with van der Waals surface area (Å²) in [6.07, 6.45) is 1.39. The van der Waals surface area contributed by atoms with Crippen LogP contribution in [0, 0.1) is 0 Å². The zero-order valence-corrected chi connectivity index (χ0v) is 7.93. The Bertz CT molecular complexity index is 331. The molecule has 2 rings (SSSR count). The van der Waals surface area contributed by atoms with E-state index in [-0.39, 0.29) is 0 Å². The van der Waals surface area contributed by atoms with E-state index in [4.69, 9.17) is 4.74 Å². The molecule has 1 aromatic carbocycles. The molecule has 0 aliphatic heterocycles. The van der Waals surface area contributed by atoms with Crippen LogP contribution in [0.25, 0.3) is 0 Å². The van der Waals surface area contributed by atoms with Crippen molar-refractivity contribution in [1.29, 1.82) is 0 Å². The van der Waals surface area contributed by atoms with Crippen molar-refractivity contribution in [3.05, 3.63) is 29.3 Å². The summed E-state index contributed by atoms with van der Waals surface area (Å²) in [5, 5.41) is 0. The maximum absolute atomic E-state index is 14.0. The molecule has 2 heteroatoms.